The highest BCUT2D eigenvalue weighted by Crippen LogP contribution is 2.23. The number of hydrogen-bond donors (Lipinski definition) is 0. The van der Waals surface area contributed by atoms with Gasteiger partial charge in [-0.25, -0.2) is 0 Å². The molecule has 3 nitrogen and oxygen atoms in total. The summed E-state index contributed by atoms with van der Waals surface area (Å²) in [5.41, 5.74) is 3.80. The Balaban J connectivity index is 0.000000771. The second-order valence-corrected chi connectivity index (χ2v) is 4.29. The van der Waals surface area contributed by atoms with Gasteiger partial charge in [-0.15, -0.1) is 0 Å². The summed E-state index contributed by atoms with van der Waals surface area (Å²) >= 11 is 0. The highest BCUT2D eigenvalue weighted by Gasteiger charge is 2.11. The number of nitrogens with zero attached hydrogens (tertiary/aromatic N) is 2. The molecule has 100 valence electrons. The average molecular weight is 248 g/mol. The summed E-state index contributed by atoms with van der Waals surface area (Å²) in [4.78, 5) is 6.62. The van der Waals surface area contributed by atoms with Crippen molar-refractivity contribution in [2.75, 3.05) is 27.3 Å². The van der Waals surface area contributed by atoms with E-state index < -0.39 is 0 Å². The highest BCUT2D eigenvalue weighted by atomic mass is 16.5. The topological polar surface area (TPSA) is 25.4 Å². The number of aromatic nitrogens is 1. The molecule has 0 radical (unpaired) electrons. The Morgan fingerprint density at radius 3 is 2.72 bits per heavy atom. The third-order valence-corrected chi connectivity index (χ3v) is 2.67. The van der Waals surface area contributed by atoms with Crippen molar-refractivity contribution in [2.45, 2.75) is 26.8 Å². The van der Waals surface area contributed by atoms with E-state index in [4.69, 9.17) is 4.74 Å². The van der Waals surface area contributed by atoms with Crippen LogP contribution in [0.1, 0.15) is 31.5 Å². The fraction of sp³-hybridized carbons (Fsp3) is 0.533. The Morgan fingerprint density at radius 2 is 2.11 bits per heavy atom. The maximum atomic E-state index is 5.33. The molecule has 0 bridgehead atoms. The lowest BCUT2D eigenvalue weighted by Crippen LogP contribution is -2.14. The van der Waals surface area contributed by atoms with Gasteiger partial charge in [0, 0.05) is 18.3 Å². The molecule has 1 aliphatic rings. The molecule has 3 heteroatoms. The first-order valence-electron chi connectivity index (χ1n) is 6.63. The molecule has 18 heavy (non-hydrogen) atoms. The van der Waals surface area contributed by atoms with Gasteiger partial charge in [0.05, 0.1) is 18.9 Å². The van der Waals surface area contributed by atoms with Crippen LogP contribution < -0.4 is 0 Å². The summed E-state index contributed by atoms with van der Waals surface area (Å²) < 4.78 is 5.33. The van der Waals surface area contributed by atoms with Gasteiger partial charge in [0.25, 0.3) is 0 Å². The highest BCUT2D eigenvalue weighted by molar-refractivity contribution is 5.67. The Hall–Kier alpha value is -1.19. The lowest BCUT2D eigenvalue weighted by molar-refractivity contribution is 0.161. The van der Waals surface area contributed by atoms with Gasteiger partial charge in [-0.05, 0) is 32.2 Å². The van der Waals surface area contributed by atoms with E-state index >= 15 is 0 Å². The fourth-order valence-electron chi connectivity index (χ4n) is 1.93. The first kappa shape index (κ1) is 14.9. The molecule has 0 aliphatic carbocycles. The number of rotatable bonds is 3. The third kappa shape index (κ3) is 4.24. The van der Waals surface area contributed by atoms with Gasteiger partial charge in [-0.3, -0.25) is 4.98 Å². The van der Waals surface area contributed by atoms with Crippen LogP contribution in [0, 0.1) is 0 Å². The van der Waals surface area contributed by atoms with Crippen molar-refractivity contribution in [3.8, 4) is 0 Å². The van der Waals surface area contributed by atoms with Crippen molar-refractivity contribution >= 4 is 5.57 Å². The minimum Gasteiger partial charge on any atom is -0.377 e. The zero-order valence-corrected chi connectivity index (χ0v) is 11.9. The van der Waals surface area contributed by atoms with Crippen molar-refractivity contribution in [2.24, 2.45) is 0 Å². The van der Waals surface area contributed by atoms with Gasteiger partial charge in [0.2, 0.25) is 0 Å². The van der Waals surface area contributed by atoms with Gasteiger partial charge >= 0.3 is 0 Å². The van der Waals surface area contributed by atoms with E-state index in [1.807, 2.05) is 26.1 Å². The minimum atomic E-state index is 0.728. The van der Waals surface area contributed by atoms with Crippen LogP contribution in [0.3, 0.4) is 0 Å². The van der Waals surface area contributed by atoms with E-state index in [2.05, 4.69) is 36.1 Å². The van der Waals surface area contributed by atoms with Gasteiger partial charge in [0.1, 0.15) is 0 Å². The zero-order valence-electron chi connectivity index (χ0n) is 11.9. The molecule has 0 fully saturated rings. The molecule has 0 N–H and O–H groups in total. The standard InChI is InChI=1S/C13H18N2O.C2H6/c1-15(2)10-13-12(4-3-7-14-13)11-5-8-16-9-6-11;1-2/h3-5,7H,6,8-10H2,1-2H3;1-2H3. The van der Waals surface area contributed by atoms with Crippen LogP contribution in [0.15, 0.2) is 24.4 Å². The Kier molecular flexibility index (Phi) is 6.61. The van der Waals surface area contributed by atoms with Crippen molar-refractivity contribution < 1.29 is 4.74 Å². The maximum Gasteiger partial charge on any atom is 0.0653 e. The summed E-state index contributed by atoms with van der Waals surface area (Å²) in [5.74, 6) is 0. The molecule has 0 unspecified atom stereocenters. The smallest absolute Gasteiger partial charge is 0.0653 e. The number of ether oxygens (including phenoxy) is 1. The molecule has 1 aromatic rings. The normalized spacial score (nSPS) is 14.8. The van der Waals surface area contributed by atoms with Gasteiger partial charge in [-0.1, -0.05) is 26.0 Å². The van der Waals surface area contributed by atoms with Crippen LogP contribution in [0.25, 0.3) is 5.57 Å². The first-order valence-corrected chi connectivity index (χ1v) is 6.63. The maximum absolute atomic E-state index is 5.33. The molecule has 1 aromatic heterocycles. The lowest BCUT2D eigenvalue weighted by atomic mass is 10.00. The largest absolute Gasteiger partial charge is 0.377 e. The van der Waals surface area contributed by atoms with Crippen molar-refractivity contribution in [1.82, 2.24) is 9.88 Å². The van der Waals surface area contributed by atoms with E-state index in [9.17, 15) is 0 Å². The summed E-state index contributed by atoms with van der Waals surface area (Å²) in [6, 6.07) is 4.16. The van der Waals surface area contributed by atoms with E-state index in [1.54, 1.807) is 0 Å². The molecule has 2 heterocycles. The molecule has 0 aromatic carbocycles. The first-order chi connectivity index (χ1) is 8.77. The van der Waals surface area contributed by atoms with E-state index in [1.165, 1.54) is 11.1 Å². The summed E-state index contributed by atoms with van der Waals surface area (Å²) in [5, 5.41) is 0. The summed E-state index contributed by atoms with van der Waals surface area (Å²) in [6.07, 6.45) is 5.02. The third-order valence-electron chi connectivity index (χ3n) is 2.67. The summed E-state index contributed by atoms with van der Waals surface area (Å²) in [7, 11) is 4.13. The Labute approximate surface area is 110 Å². The summed E-state index contributed by atoms with van der Waals surface area (Å²) in [6.45, 7) is 6.43. The van der Waals surface area contributed by atoms with Gasteiger partial charge in [-0.2, -0.15) is 0 Å². The second kappa shape index (κ2) is 8.01. The monoisotopic (exact) mass is 248 g/mol. The fourth-order valence-corrected chi connectivity index (χ4v) is 1.93. The van der Waals surface area contributed by atoms with Crippen LogP contribution >= 0.6 is 0 Å². The van der Waals surface area contributed by atoms with E-state index in [0.29, 0.717) is 0 Å². The predicted octanol–water partition coefficient (Wildman–Crippen LogP) is 2.97. The predicted molar refractivity (Wildman–Crippen MR) is 76.4 cm³/mol. The quantitative estimate of drug-likeness (QED) is 0.822. The molecular weight excluding hydrogens is 224 g/mol. The molecule has 0 saturated heterocycles. The molecule has 0 spiro atoms. The molecule has 0 amide bonds. The van der Waals surface area contributed by atoms with Crippen molar-refractivity contribution in [1.29, 1.82) is 0 Å². The second-order valence-electron chi connectivity index (χ2n) is 4.29. The van der Waals surface area contributed by atoms with Crippen LogP contribution in [0.5, 0.6) is 0 Å². The molecular formula is C15H24N2O. The molecule has 2 rings (SSSR count). The van der Waals surface area contributed by atoms with E-state index in [-0.39, 0.29) is 0 Å². The SMILES string of the molecule is CC.CN(C)Cc1ncccc1C1=CCOCC1. The van der Waals surface area contributed by atoms with Crippen molar-refractivity contribution in [3.05, 3.63) is 35.7 Å². The number of pyridine rings is 1. The van der Waals surface area contributed by atoms with Crippen LogP contribution in [-0.4, -0.2) is 37.2 Å². The molecule has 0 saturated carbocycles. The van der Waals surface area contributed by atoms with Gasteiger partial charge < -0.3 is 9.64 Å². The van der Waals surface area contributed by atoms with Gasteiger partial charge in [0.15, 0.2) is 0 Å². The number of hydrogen-bond acceptors (Lipinski definition) is 3. The zero-order chi connectivity index (χ0) is 13.4. The lowest BCUT2D eigenvalue weighted by Gasteiger charge is -2.18. The van der Waals surface area contributed by atoms with Crippen molar-refractivity contribution in [3.63, 3.8) is 0 Å². The van der Waals surface area contributed by atoms with E-state index in [0.717, 1.165) is 31.9 Å². The average Bonchev–Trinajstić information content (AvgIpc) is 2.42. The van der Waals surface area contributed by atoms with Crippen LogP contribution in [0.4, 0.5) is 0 Å². The Morgan fingerprint density at radius 1 is 1.33 bits per heavy atom. The minimum absolute atomic E-state index is 0.728. The van der Waals surface area contributed by atoms with Crippen LogP contribution in [-0.2, 0) is 11.3 Å². The Bertz CT molecular complexity index is 386. The van der Waals surface area contributed by atoms with Crippen LogP contribution in [0.2, 0.25) is 0 Å². The molecule has 1 aliphatic heterocycles. The molecule has 0 atom stereocenters.